The maximum atomic E-state index is 14.2. The summed E-state index contributed by atoms with van der Waals surface area (Å²) in [6, 6.07) is 6.38. The molecule has 0 spiro atoms. The van der Waals surface area contributed by atoms with Gasteiger partial charge in [-0.05, 0) is 24.3 Å². The van der Waals surface area contributed by atoms with Crippen LogP contribution in [-0.2, 0) is 0 Å². The molecular formula is C22H23FN6OS. The van der Waals surface area contributed by atoms with Crippen LogP contribution < -0.4 is 9.80 Å². The molecule has 0 aliphatic carbocycles. The summed E-state index contributed by atoms with van der Waals surface area (Å²) >= 11 is 1.86. The summed E-state index contributed by atoms with van der Waals surface area (Å²) in [7, 11) is 0. The number of carbonyl (C=O) groups is 1. The Balaban J connectivity index is 1.50. The van der Waals surface area contributed by atoms with E-state index in [-0.39, 0.29) is 11.7 Å². The van der Waals surface area contributed by atoms with Crippen LogP contribution in [-0.4, -0.2) is 76.5 Å². The molecule has 9 heteroatoms. The van der Waals surface area contributed by atoms with E-state index >= 15 is 0 Å². The van der Waals surface area contributed by atoms with Crippen molar-refractivity contribution in [3.8, 4) is 0 Å². The normalized spacial score (nSPS) is 17.3. The molecule has 7 nitrogen and oxygen atoms in total. The van der Waals surface area contributed by atoms with Crippen LogP contribution in [0.2, 0.25) is 0 Å². The Bertz CT molecular complexity index is 1080. The predicted molar refractivity (Wildman–Crippen MR) is 121 cm³/mol. The maximum Gasteiger partial charge on any atom is 0.257 e. The molecule has 2 aromatic heterocycles. The molecule has 0 unspecified atom stereocenters. The molecule has 1 aromatic carbocycles. The monoisotopic (exact) mass is 438 g/mol. The number of aromatic nitrogens is 3. The number of carbonyl (C=O) groups excluding carboxylic acids is 1. The molecule has 2 aliphatic heterocycles. The summed E-state index contributed by atoms with van der Waals surface area (Å²) in [5.74, 6) is 2.22. The summed E-state index contributed by atoms with van der Waals surface area (Å²) in [6.45, 7) is 4.26. The highest BCUT2D eigenvalue weighted by Crippen LogP contribution is 2.32. The van der Waals surface area contributed by atoms with E-state index in [0.29, 0.717) is 35.5 Å². The number of amides is 1. The van der Waals surface area contributed by atoms with Crippen molar-refractivity contribution >= 4 is 40.2 Å². The minimum atomic E-state index is -0.328. The van der Waals surface area contributed by atoms with Crippen molar-refractivity contribution < 1.29 is 9.18 Å². The quantitative estimate of drug-likeness (QED) is 0.623. The number of halogens is 1. The largest absolute Gasteiger partial charge is 0.367 e. The number of hydrogen-bond acceptors (Lipinski definition) is 7. The summed E-state index contributed by atoms with van der Waals surface area (Å²) < 4.78 is 14.2. The van der Waals surface area contributed by atoms with E-state index in [9.17, 15) is 9.18 Å². The zero-order chi connectivity index (χ0) is 21.2. The zero-order valence-electron chi connectivity index (χ0n) is 17.1. The first-order chi connectivity index (χ1) is 15.2. The average Bonchev–Trinajstić information content (AvgIpc) is 2.84. The Morgan fingerprint density at radius 3 is 2.39 bits per heavy atom. The fourth-order valence-corrected chi connectivity index (χ4v) is 5.07. The molecule has 1 amide bonds. The van der Waals surface area contributed by atoms with Gasteiger partial charge < -0.3 is 14.7 Å². The number of thioether (sulfide) groups is 1. The lowest BCUT2D eigenvalue weighted by Gasteiger charge is -2.37. The summed E-state index contributed by atoms with van der Waals surface area (Å²) in [4.78, 5) is 32.8. The van der Waals surface area contributed by atoms with Gasteiger partial charge >= 0.3 is 0 Å². The molecule has 0 radical (unpaired) electrons. The van der Waals surface area contributed by atoms with Crippen molar-refractivity contribution in [2.45, 2.75) is 0 Å². The van der Waals surface area contributed by atoms with Crippen molar-refractivity contribution in [2.75, 3.05) is 60.6 Å². The van der Waals surface area contributed by atoms with E-state index in [4.69, 9.17) is 0 Å². The number of rotatable bonds is 3. The number of nitrogens with zero attached hydrogens (tertiary/aromatic N) is 6. The highest BCUT2D eigenvalue weighted by atomic mass is 32.2. The summed E-state index contributed by atoms with van der Waals surface area (Å²) in [6.07, 6.45) is 5.13. The van der Waals surface area contributed by atoms with Gasteiger partial charge in [0.25, 0.3) is 5.91 Å². The summed E-state index contributed by atoms with van der Waals surface area (Å²) in [5.41, 5.74) is 2.02. The van der Waals surface area contributed by atoms with E-state index in [1.54, 1.807) is 30.7 Å². The predicted octanol–water partition coefficient (Wildman–Crippen LogP) is 2.68. The topological polar surface area (TPSA) is 65.5 Å². The first-order valence-corrected chi connectivity index (χ1v) is 11.6. The van der Waals surface area contributed by atoms with E-state index in [0.717, 1.165) is 43.4 Å². The second kappa shape index (κ2) is 8.66. The van der Waals surface area contributed by atoms with Gasteiger partial charge in [-0.3, -0.25) is 9.78 Å². The van der Waals surface area contributed by atoms with Crippen LogP contribution in [0.25, 0.3) is 10.9 Å². The molecule has 3 aromatic rings. The molecule has 2 fully saturated rings. The fourth-order valence-electron chi connectivity index (χ4n) is 4.17. The van der Waals surface area contributed by atoms with Gasteiger partial charge in [0.2, 0.25) is 5.95 Å². The zero-order valence-corrected chi connectivity index (χ0v) is 17.9. The average molecular weight is 439 g/mol. The standard InChI is InChI=1S/C22H23FN6OS/c23-16-2-3-19-17(14-16)20(18(15-26-19)21(30)28-10-12-31-13-11-28)27-6-8-29(9-7-27)22-24-4-1-5-25-22/h1-5,14-15H,6-13H2. The third kappa shape index (κ3) is 4.01. The molecule has 2 aliphatic rings. The van der Waals surface area contributed by atoms with Crippen molar-refractivity contribution in [1.82, 2.24) is 19.9 Å². The highest BCUT2D eigenvalue weighted by Gasteiger charge is 2.28. The van der Waals surface area contributed by atoms with E-state index < -0.39 is 0 Å². The van der Waals surface area contributed by atoms with Gasteiger partial charge in [0, 0.05) is 74.8 Å². The van der Waals surface area contributed by atoms with Crippen LogP contribution >= 0.6 is 11.8 Å². The number of piperazine rings is 1. The van der Waals surface area contributed by atoms with Crippen molar-refractivity contribution in [3.63, 3.8) is 0 Å². The number of anilines is 2. The molecule has 0 atom stereocenters. The van der Waals surface area contributed by atoms with Crippen molar-refractivity contribution in [1.29, 1.82) is 0 Å². The molecule has 0 saturated carbocycles. The van der Waals surface area contributed by atoms with E-state index in [1.165, 1.54) is 12.1 Å². The minimum absolute atomic E-state index is 0.0252. The Hall–Kier alpha value is -2.94. The number of benzene rings is 1. The van der Waals surface area contributed by atoms with Gasteiger partial charge in [-0.1, -0.05) is 0 Å². The Morgan fingerprint density at radius 2 is 1.65 bits per heavy atom. The first-order valence-electron chi connectivity index (χ1n) is 10.4. The molecule has 4 heterocycles. The maximum absolute atomic E-state index is 14.2. The van der Waals surface area contributed by atoms with Crippen LogP contribution in [0.1, 0.15) is 10.4 Å². The first kappa shape index (κ1) is 20.0. The molecule has 2 saturated heterocycles. The van der Waals surface area contributed by atoms with Gasteiger partial charge in [0.05, 0.1) is 16.8 Å². The minimum Gasteiger partial charge on any atom is -0.367 e. The van der Waals surface area contributed by atoms with Crippen LogP contribution in [0, 0.1) is 5.82 Å². The van der Waals surface area contributed by atoms with Gasteiger partial charge in [-0.25, -0.2) is 14.4 Å². The second-order valence-electron chi connectivity index (χ2n) is 7.61. The summed E-state index contributed by atoms with van der Waals surface area (Å²) in [5, 5.41) is 0.682. The van der Waals surface area contributed by atoms with E-state index in [1.807, 2.05) is 16.7 Å². The van der Waals surface area contributed by atoms with Crippen LogP contribution in [0.3, 0.4) is 0 Å². The third-order valence-corrected chi connectivity index (χ3v) is 6.70. The van der Waals surface area contributed by atoms with Crippen LogP contribution in [0.5, 0.6) is 0 Å². The number of fused-ring (bicyclic) bond motifs is 1. The highest BCUT2D eigenvalue weighted by molar-refractivity contribution is 7.99. The third-order valence-electron chi connectivity index (χ3n) is 5.76. The van der Waals surface area contributed by atoms with Gasteiger partial charge in [-0.15, -0.1) is 0 Å². The van der Waals surface area contributed by atoms with E-state index in [2.05, 4.69) is 24.8 Å². The van der Waals surface area contributed by atoms with Crippen LogP contribution in [0.15, 0.2) is 42.9 Å². The van der Waals surface area contributed by atoms with Crippen molar-refractivity contribution in [3.05, 3.63) is 54.2 Å². The second-order valence-corrected chi connectivity index (χ2v) is 8.83. The number of hydrogen-bond donors (Lipinski definition) is 0. The lowest BCUT2D eigenvalue weighted by atomic mass is 10.1. The van der Waals surface area contributed by atoms with Gasteiger partial charge in [0.1, 0.15) is 5.82 Å². The lowest BCUT2D eigenvalue weighted by Crippen LogP contribution is -2.48. The fraction of sp³-hybridized carbons (Fsp3) is 0.364. The van der Waals surface area contributed by atoms with Gasteiger partial charge in [-0.2, -0.15) is 11.8 Å². The molecule has 0 N–H and O–H groups in total. The Morgan fingerprint density at radius 1 is 0.935 bits per heavy atom. The van der Waals surface area contributed by atoms with Gasteiger partial charge in [0.15, 0.2) is 0 Å². The number of pyridine rings is 1. The smallest absolute Gasteiger partial charge is 0.257 e. The SMILES string of the molecule is O=C(c1cnc2ccc(F)cc2c1N1CCN(c2ncccn2)CC1)N1CCSCC1. The molecule has 0 bridgehead atoms. The lowest BCUT2D eigenvalue weighted by molar-refractivity contribution is 0.0772. The molecule has 5 rings (SSSR count). The molecular weight excluding hydrogens is 415 g/mol. The Kier molecular flexibility index (Phi) is 5.59. The van der Waals surface area contributed by atoms with Crippen LogP contribution in [0.4, 0.5) is 16.0 Å². The molecule has 160 valence electrons. The molecule has 31 heavy (non-hydrogen) atoms. The Labute approximate surface area is 184 Å². The van der Waals surface area contributed by atoms with Crippen molar-refractivity contribution in [2.24, 2.45) is 0 Å².